The number of hydrogen-bond donors (Lipinski definition) is 1. The van der Waals surface area contributed by atoms with Gasteiger partial charge in [0.15, 0.2) is 0 Å². The summed E-state index contributed by atoms with van der Waals surface area (Å²) in [5, 5.41) is 6.73. The van der Waals surface area contributed by atoms with Crippen molar-refractivity contribution in [1.82, 2.24) is 15.1 Å². The molecule has 25 heavy (non-hydrogen) atoms. The number of hydrogen-bond acceptors (Lipinski definition) is 2. The number of halogens is 1. The first kappa shape index (κ1) is 15.4. The zero-order valence-corrected chi connectivity index (χ0v) is 13.5. The molecule has 2 amide bonds. The highest BCUT2D eigenvalue weighted by Gasteiger charge is 2.29. The van der Waals surface area contributed by atoms with Gasteiger partial charge in [-0.05, 0) is 35.4 Å². The number of carbonyl (C=O) groups is 1. The molecule has 1 N–H and O–H groups in total. The van der Waals surface area contributed by atoms with Crippen molar-refractivity contribution in [2.75, 3.05) is 18.0 Å². The zero-order valence-electron chi connectivity index (χ0n) is 13.5. The van der Waals surface area contributed by atoms with Crippen molar-refractivity contribution in [3.8, 4) is 11.1 Å². The van der Waals surface area contributed by atoms with Gasteiger partial charge in [-0.15, -0.1) is 0 Å². The van der Waals surface area contributed by atoms with Crippen LogP contribution in [0.4, 0.5) is 14.9 Å². The number of anilines is 1. The fourth-order valence-corrected chi connectivity index (χ4v) is 3.07. The highest BCUT2D eigenvalue weighted by Crippen LogP contribution is 2.25. The second-order valence-corrected chi connectivity index (χ2v) is 6.02. The van der Waals surface area contributed by atoms with Gasteiger partial charge in [-0.1, -0.05) is 24.3 Å². The molecule has 5 nitrogen and oxygen atoms in total. The molecule has 1 saturated heterocycles. The van der Waals surface area contributed by atoms with Gasteiger partial charge in [0.2, 0.25) is 0 Å². The normalized spacial score (nSPS) is 14.4. The number of benzene rings is 2. The lowest BCUT2D eigenvalue weighted by Crippen LogP contribution is -2.31. The van der Waals surface area contributed by atoms with E-state index in [4.69, 9.17) is 0 Å². The van der Waals surface area contributed by atoms with Crippen molar-refractivity contribution in [3.63, 3.8) is 0 Å². The van der Waals surface area contributed by atoms with Gasteiger partial charge in [-0.25, -0.2) is 9.18 Å². The molecule has 0 aliphatic carbocycles. The minimum Gasteiger partial charge on any atom is -0.318 e. The average Bonchev–Trinajstić information content (AvgIpc) is 3.27. The van der Waals surface area contributed by atoms with Crippen molar-refractivity contribution < 1.29 is 9.18 Å². The molecule has 0 bridgehead atoms. The van der Waals surface area contributed by atoms with Crippen molar-refractivity contribution in [2.24, 2.45) is 0 Å². The van der Waals surface area contributed by atoms with Gasteiger partial charge in [0.25, 0.3) is 0 Å². The number of amides is 2. The number of aromatic nitrogens is 2. The van der Waals surface area contributed by atoms with Crippen LogP contribution in [-0.2, 0) is 6.54 Å². The van der Waals surface area contributed by atoms with E-state index >= 15 is 0 Å². The summed E-state index contributed by atoms with van der Waals surface area (Å²) in [4.78, 5) is 16.1. The lowest BCUT2D eigenvalue weighted by molar-refractivity contribution is 0.218. The third kappa shape index (κ3) is 3.10. The van der Waals surface area contributed by atoms with E-state index in [9.17, 15) is 9.18 Å². The Morgan fingerprint density at radius 2 is 1.92 bits per heavy atom. The van der Waals surface area contributed by atoms with Gasteiger partial charge in [-0.2, -0.15) is 5.10 Å². The van der Waals surface area contributed by atoms with E-state index in [2.05, 4.69) is 10.2 Å². The average molecular weight is 336 g/mol. The molecule has 4 rings (SSSR count). The Morgan fingerprint density at radius 3 is 2.64 bits per heavy atom. The van der Waals surface area contributed by atoms with Gasteiger partial charge >= 0.3 is 6.03 Å². The summed E-state index contributed by atoms with van der Waals surface area (Å²) >= 11 is 0. The van der Waals surface area contributed by atoms with E-state index < -0.39 is 0 Å². The molecule has 1 aliphatic rings. The van der Waals surface area contributed by atoms with Gasteiger partial charge < -0.3 is 4.90 Å². The van der Waals surface area contributed by atoms with E-state index in [0.717, 1.165) is 22.4 Å². The number of aromatic amines is 1. The SMILES string of the molecule is O=C1N(Cc2cccc(F)c2)CCN1c1ccc(-c2cn[nH]c2)cc1. The Balaban J connectivity index is 1.48. The van der Waals surface area contributed by atoms with E-state index in [-0.39, 0.29) is 11.8 Å². The molecule has 0 spiro atoms. The Morgan fingerprint density at radius 1 is 1.08 bits per heavy atom. The molecular weight excluding hydrogens is 319 g/mol. The molecule has 0 saturated carbocycles. The van der Waals surface area contributed by atoms with Crippen molar-refractivity contribution in [1.29, 1.82) is 0 Å². The van der Waals surface area contributed by atoms with E-state index in [1.807, 2.05) is 36.5 Å². The van der Waals surface area contributed by atoms with E-state index in [1.54, 1.807) is 22.1 Å². The molecule has 6 heteroatoms. The highest BCUT2D eigenvalue weighted by molar-refractivity contribution is 5.94. The monoisotopic (exact) mass is 336 g/mol. The molecule has 126 valence electrons. The van der Waals surface area contributed by atoms with Crippen LogP contribution in [0.5, 0.6) is 0 Å². The number of carbonyl (C=O) groups excluding carboxylic acids is 1. The zero-order chi connectivity index (χ0) is 17.2. The quantitative estimate of drug-likeness (QED) is 0.790. The molecule has 2 heterocycles. The number of nitrogens with zero attached hydrogens (tertiary/aromatic N) is 3. The van der Waals surface area contributed by atoms with Crippen molar-refractivity contribution >= 4 is 11.7 Å². The minimum absolute atomic E-state index is 0.0553. The van der Waals surface area contributed by atoms with E-state index in [0.29, 0.717) is 19.6 Å². The molecule has 2 aromatic carbocycles. The van der Waals surface area contributed by atoms with Crippen LogP contribution in [0.2, 0.25) is 0 Å². The van der Waals surface area contributed by atoms with Gasteiger partial charge in [0, 0.05) is 37.1 Å². The Kier molecular flexibility index (Phi) is 3.93. The number of nitrogens with one attached hydrogen (secondary N) is 1. The van der Waals surface area contributed by atoms with Gasteiger partial charge in [0.05, 0.1) is 6.20 Å². The van der Waals surface area contributed by atoms with Crippen molar-refractivity contribution in [2.45, 2.75) is 6.54 Å². The van der Waals surface area contributed by atoms with Crippen LogP contribution in [-0.4, -0.2) is 34.2 Å². The summed E-state index contributed by atoms with van der Waals surface area (Å²) in [5.41, 5.74) is 3.71. The molecule has 0 atom stereocenters. The molecule has 1 aromatic heterocycles. The van der Waals surface area contributed by atoms with E-state index in [1.165, 1.54) is 12.1 Å². The smallest absolute Gasteiger partial charge is 0.318 e. The minimum atomic E-state index is -0.282. The molecule has 0 unspecified atom stereocenters. The Bertz CT molecular complexity index is 877. The maximum atomic E-state index is 13.3. The van der Waals surface area contributed by atoms with Crippen molar-refractivity contribution in [3.05, 3.63) is 72.3 Å². The predicted molar refractivity (Wildman–Crippen MR) is 93.6 cm³/mol. The first-order valence-electron chi connectivity index (χ1n) is 8.11. The van der Waals surface area contributed by atoms with Crippen LogP contribution in [0.25, 0.3) is 11.1 Å². The Labute approximate surface area is 144 Å². The maximum absolute atomic E-state index is 13.3. The number of H-pyrrole nitrogens is 1. The summed E-state index contributed by atoms with van der Waals surface area (Å²) in [6.45, 7) is 1.66. The molecule has 1 aliphatic heterocycles. The molecule has 0 radical (unpaired) electrons. The summed E-state index contributed by atoms with van der Waals surface area (Å²) < 4.78 is 13.3. The fraction of sp³-hybridized carbons (Fsp3) is 0.158. The van der Waals surface area contributed by atoms with Crippen LogP contribution in [0, 0.1) is 5.82 Å². The summed E-state index contributed by atoms with van der Waals surface area (Å²) in [5.74, 6) is -0.282. The van der Waals surface area contributed by atoms with Crippen LogP contribution in [0.1, 0.15) is 5.56 Å². The second-order valence-electron chi connectivity index (χ2n) is 6.02. The third-order valence-corrected chi connectivity index (χ3v) is 4.37. The Hall–Kier alpha value is -3.15. The van der Waals surface area contributed by atoms with Crippen LogP contribution in [0.3, 0.4) is 0 Å². The molecular formula is C19H17FN4O. The maximum Gasteiger partial charge on any atom is 0.324 e. The first-order valence-corrected chi connectivity index (χ1v) is 8.11. The van der Waals surface area contributed by atoms with Crippen LogP contribution >= 0.6 is 0 Å². The molecule has 1 fully saturated rings. The highest BCUT2D eigenvalue weighted by atomic mass is 19.1. The summed E-state index contributed by atoms with van der Waals surface area (Å²) in [6.07, 6.45) is 3.59. The topological polar surface area (TPSA) is 52.2 Å². The largest absolute Gasteiger partial charge is 0.324 e. The third-order valence-electron chi connectivity index (χ3n) is 4.37. The predicted octanol–water partition coefficient (Wildman–Crippen LogP) is 3.66. The van der Waals surface area contributed by atoms with Crippen LogP contribution in [0.15, 0.2) is 60.9 Å². The summed E-state index contributed by atoms with van der Waals surface area (Å²) in [6, 6.07) is 14.1. The second kappa shape index (κ2) is 6.39. The van der Waals surface area contributed by atoms with Gasteiger partial charge in [-0.3, -0.25) is 10.00 Å². The fourth-order valence-electron chi connectivity index (χ4n) is 3.07. The first-order chi connectivity index (χ1) is 12.2. The lowest BCUT2D eigenvalue weighted by Gasteiger charge is -2.19. The summed E-state index contributed by atoms with van der Waals surface area (Å²) in [7, 11) is 0. The van der Waals surface area contributed by atoms with Gasteiger partial charge in [0.1, 0.15) is 5.82 Å². The molecule has 3 aromatic rings. The number of rotatable bonds is 4. The number of urea groups is 1. The lowest BCUT2D eigenvalue weighted by atomic mass is 10.1. The standard InChI is InChI=1S/C19H17FN4O/c20-17-3-1-2-14(10-17)13-23-8-9-24(19(23)25)18-6-4-15(5-7-18)16-11-21-22-12-16/h1-7,10-12H,8-9,13H2,(H,21,22). The van der Waals surface area contributed by atoms with Crippen LogP contribution < -0.4 is 4.90 Å².